The molecule has 3 aromatic rings. The average Bonchev–Trinajstić information content (AvgIpc) is 2.54. The first kappa shape index (κ1) is 14.1. The van der Waals surface area contributed by atoms with Crippen LogP contribution in [-0.2, 0) is 0 Å². The van der Waals surface area contributed by atoms with Crippen LogP contribution in [0.3, 0.4) is 0 Å². The highest BCUT2D eigenvalue weighted by molar-refractivity contribution is 6.04. The summed E-state index contributed by atoms with van der Waals surface area (Å²) in [6.07, 6.45) is 1.19. The second-order valence-corrected chi connectivity index (χ2v) is 5.50. The van der Waals surface area contributed by atoms with Crippen LogP contribution < -0.4 is 4.90 Å². The average molecular weight is 290 g/mol. The van der Waals surface area contributed by atoms with Crippen molar-refractivity contribution < 1.29 is 5.11 Å². The van der Waals surface area contributed by atoms with Crippen molar-refractivity contribution in [1.29, 1.82) is 5.41 Å². The molecule has 0 unspecified atom stereocenters. The summed E-state index contributed by atoms with van der Waals surface area (Å²) >= 11 is 0. The van der Waals surface area contributed by atoms with E-state index < -0.39 is 0 Å². The van der Waals surface area contributed by atoms with Crippen LogP contribution in [0.2, 0.25) is 0 Å². The van der Waals surface area contributed by atoms with Crippen LogP contribution in [0.1, 0.15) is 5.56 Å². The van der Waals surface area contributed by atoms with Crippen molar-refractivity contribution in [2.45, 2.75) is 0 Å². The number of fused-ring (bicyclic) bond motifs is 1. The minimum absolute atomic E-state index is 0.159. The van der Waals surface area contributed by atoms with Gasteiger partial charge >= 0.3 is 0 Å². The smallest absolute Gasteiger partial charge is 0.132 e. The standard InChI is InChI=1S/C19H18N2O/c1-21(2)16-9-7-13(8-10-16)18-17-6-4-3-5-14(17)11-15(12-20)19(18)22/h3-12,20,22H,1-2H3. The Labute approximate surface area is 130 Å². The number of phenolic OH excluding ortho intramolecular Hbond substituents is 1. The van der Waals surface area contributed by atoms with Gasteiger partial charge in [-0.15, -0.1) is 0 Å². The molecule has 2 N–H and O–H groups in total. The molecule has 0 bridgehead atoms. The molecule has 0 atom stereocenters. The van der Waals surface area contributed by atoms with Crippen molar-refractivity contribution >= 4 is 22.7 Å². The van der Waals surface area contributed by atoms with Crippen LogP contribution in [0.5, 0.6) is 5.75 Å². The number of rotatable bonds is 3. The maximum atomic E-state index is 10.6. The van der Waals surface area contributed by atoms with Crippen LogP contribution in [0.4, 0.5) is 5.69 Å². The Morgan fingerprint density at radius 1 is 1.00 bits per heavy atom. The minimum atomic E-state index is 0.159. The van der Waals surface area contributed by atoms with Gasteiger partial charge in [-0.25, -0.2) is 0 Å². The summed E-state index contributed by atoms with van der Waals surface area (Å²) in [5.74, 6) is 0.159. The number of hydrogen-bond donors (Lipinski definition) is 2. The Morgan fingerprint density at radius 2 is 1.68 bits per heavy atom. The van der Waals surface area contributed by atoms with Crippen molar-refractivity contribution in [2.24, 2.45) is 0 Å². The molecule has 0 aliphatic heterocycles. The zero-order valence-corrected chi connectivity index (χ0v) is 12.7. The molecule has 0 saturated carbocycles. The highest BCUT2D eigenvalue weighted by atomic mass is 16.3. The molecule has 3 nitrogen and oxygen atoms in total. The fourth-order valence-corrected chi connectivity index (χ4v) is 2.69. The summed E-state index contributed by atoms with van der Waals surface area (Å²) in [6, 6.07) is 17.8. The zero-order valence-electron chi connectivity index (χ0n) is 12.7. The molecule has 0 fully saturated rings. The molecule has 0 aromatic heterocycles. The van der Waals surface area contributed by atoms with Crippen molar-refractivity contribution in [3.8, 4) is 16.9 Å². The lowest BCUT2D eigenvalue weighted by Crippen LogP contribution is -2.07. The summed E-state index contributed by atoms with van der Waals surface area (Å²) in [6.45, 7) is 0. The van der Waals surface area contributed by atoms with Crippen molar-refractivity contribution in [2.75, 3.05) is 19.0 Å². The maximum Gasteiger partial charge on any atom is 0.132 e. The van der Waals surface area contributed by atoms with E-state index in [1.165, 1.54) is 6.21 Å². The van der Waals surface area contributed by atoms with E-state index in [0.29, 0.717) is 5.56 Å². The Hall–Kier alpha value is -2.81. The molecule has 0 radical (unpaired) electrons. The van der Waals surface area contributed by atoms with Crippen LogP contribution in [-0.4, -0.2) is 25.4 Å². The van der Waals surface area contributed by atoms with Gasteiger partial charge in [0.15, 0.2) is 0 Å². The normalized spacial score (nSPS) is 10.6. The molecular weight excluding hydrogens is 272 g/mol. The third-order valence-electron chi connectivity index (χ3n) is 3.88. The van der Waals surface area contributed by atoms with E-state index in [4.69, 9.17) is 5.41 Å². The van der Waals surface area contributed by atoms with Gasteiger partial charge < -0.3 is 15.4 Å². The molecule has 0 heterocycles. The molecular formula is C19H18N2O. The zero-order chi connectivity index (χ0) is 15.7. The van der Waals surface area contributed by atoms with Gasteiger partial charge in [-0.1, -0.05) is 36.4 Å². The lowest BCUT2D eigenvalue weighted by atomic mass is 9.94. The number of anilines is 1. The molecule has 0 aliphatic carbocycles. The quantitative estimate of drug-likeness (QED) is 0.707. The van der Waals surface area contributed by atoms with E-state index in [0.717, 1.165) is 27.6 Å². The highest BCUT2D eigenvalue weighted by Gasteiger charge is 2.13. The predicted octanol–water partition coefficient (Wildman–Crippen LogP) is 4.28. The number of nitrogens with zero attached hydrogens (tertiary/aromatic N) is 1. The van der Waals surface area contributed by atoms with E-state index in [1.807, 2.05) is 73.6 Å². The van der Waals surface area contributed by atoms with E-state index >= 15 is 0 Å². The monoisotopic (exact) mass is 290 g/mol. The maximum absolute atomic E-state index is 10.6. The Bertz CT molecular complexity index is 836. The second-order valence-electron chi connectivity index (χ2n) is 5.50. The number of nitrogens with one attached hydrogen (secondary N) is 1. The summed E-state index contributed by atoms with van der Waals surface area (Å²) < 4.78 is 0. The second kappa shape index (κ2) is 5.53. The lowest BCUT2D eigenvalue weighted by molar-refractivity contribution is 0.477. The molecule has 3 aromatic carbocycles. The molecule has 3 rings (SSSR count). The highest BCUT2D eigenvalue weighted by Crippen LogP contribution is 2.39. The molecule has 0 aliphatic rings. The Kier molecular flexibility index (Phi) is 3.55. The van der Waals surface area contributed by atoms with Gasteiger partial charge in [-0.2, -0.15) is 0 Å². The van der Waals surface area contributed by atoms with Crippen LogP contribution >= 0.6 is 0 Å². The van der Waals surface area contributed by atoms with Crippen molar-refractivity contribution in [3.63, 3.8) is 0 Å². The first-order chi connectivity index (χ1) is 10.6. The fraction of sp³-hybridized carbons (Fsp3) is 0.105. The first-order valence-electron chi connectivity index (χ1n) is 7.15. The first-order valence-corrected chi connectivity index (χ1v) is 7.15. The van der Waals surface area contributed by atoms with Gasteiger partial charge in [0.25, 0.3) is 0 Å². The lowest BCUT2D eigenvalue weighted by Gasteiger charge is -2.15. The SMILES string of the molecule is CN(C)c1ccc(-c2c(O)c(C=N)cc3ccccc23)cc1. The third kappa shape index (κ3) is 2.31. The van der Waals surface area contributed by atoms with Gasteiger partial charge in [-0.3, -0.25) is 0 Å². The van der Waals surface area contributed by atoms with Gasteiger partial charge in [-0.05, 0) is 34.5 Å². The van der Waals surface area contributed by atoms with Crippen molar-refractivity contribution in [1.82, 2.24) is 0 Å². The Morgan fingerprint density at radius 3 is 2.32 bits per heavy atom. The topological polar surface area (TPSA) is 47.3 Å². The molecule has 0 saturated heterocycles. The van der Waals surface area contributed by atoms with Gasteiger partial charge in [0.05, 0.1) is 0 Å². The van der Waals surface area contributed by atoms with Crippen LogP contribution in [0.25, 0.3) is 21.9 Å². The molecule has 22 heavy (non-hydrogen) atoms. The number of aromatic hydroxyl groups is 1. The molecule has 3 heteroatoms. The molecule has 0 amide bonds. The van der Waals surface area contributed by atoms with Gasteiger partial charge in [0.2, 0.25) is 0 Å². The summed E-state index contributed by atoms with van der Waals surface area (Å²) in [5.41, 5.74) is 3.37. The van der Waals surface area contributed by atoms with E-state index in [9.17, 15) is 5.11 Å². The molecule has 110 valence electrons. The van der Waals surface area contributed by atoms with Crippen LogP contribution in [0.15, 0.2) is 54.6 Å². The minimum Gasteiger partial charge on any atom is -0.507 e. The predicted molar refractivity (Wildman–Crippen MR) is 93.3 cm³/mol. The summed E-state index contributed by atoms with van der Waals surface area (Å²) in [5, 5.41) is 20.1. The van der Waals surface area contributed by atoms with Crippen LogP contribution in [0, 0.1) is 5.41 Å². The number of phenols is 1. The van der Waals surface area contributed by atoms with Gasteiger partial charge in [0.1, 0.15) is 5.75 Å². The number of hydrogen-bond acceptors (Lipinski definition) is 3. The fourth-order valence-electron chi connectivity index (χ4n) is 2.69. The van der Waals surface area contributed by atoms with Gasteiger partial charge in [0, 0.05) is 37.1 Å². The third-order valence-corrected chi connectivity index (χ3v) is 3.88. The summed E-state index contributed by atoms with van der Waals surface area (Å²) in [7, 11) is 4.00. The van der Waals surface area contributed by atoms with E-state index in [-0.39, 0.29) is 5.75 Å². The number of benzene rings is 3. The van der Waals surface area contributed by atoms with Crippen molar-refractivity contribution in [3.05, 3.63) is 60.2 Å². The Balaban J connectivity index is 2.28. The summed E-state index contributed by atoms with van der Waals surface area (Å²) in [4.78, 5) is 2.04. The van der Waals surface area contributed by atoms with E-state index in [1.54, 1.807) is 0 Å². The molecule has 0 spiro atoms. The van der Waals surface area contributed by atoms with E-state index in [2.05, 4.69) is 0 Å². The largest absolute Gasteiger partial charge is 0.507 e.